The van der Waals surface area contributed by atoms with Crippen LogP contribution >= 0.6 is 0 Å². The Kier molecular flexibility index (Phi) is 5.87. The van der Waals surface area contributed by atoms with Gasteiger partial charge in [-0.05, 0) is 45.6 Å². The van der Waals surface area contributed by atoms with E-state index in [4.69, 9.17) is 4.74 Å². The fraction of sp³-hybridized carbons (Fsp3) is 0.611. The molecule has 1 aliphatic rings. The Morgan fingerprint density at radius 2 is 2.08 bits per heavy atom. The predicted molar refractivity (Wildman–Crippen MR) is 96.9 cm³/mol. The fourth-order valence-electron chi connectivity index (χ4n) is 3.12. The number of nitrogens with zero attached hydrogens (tertiary/aromatic N) is 3. The van der Waals surface area contributed by atoms with Gasteiger partial charge in [0.15, 0.2) is 0 Å². The third kappa shape index (κ3) is 5.34. The maximum atomic E-state index is 12.1. The molecule has 0 N–H and O–H groups in total. The first kappa shape index (κ1) is 19.0. The van der Waals surface area contributed by atoms with E-state index < -0.39 is 5.60 Å². The summed E-state index contributed by atoms with van der Waals surface area (Å²) in [5, 5.41) is 11.3. The van der Waals surface area contributed by atoms with E-state index in [0.717, 1.165) is 19.4 Å². The first-order valence-corrected chi connectivity index (χ1v) is 8.60. The molecule has 1 fully saturated rings. The van der Waals surface area contributed by atoms with Crippen molar-refractivity contribution in [2.45, 2.75) is 39.2 Å². The fourth-order valence-corrected chi connectivity index (χ4v) is 3.12. The van der Waals surface area contributed by atoms with Crippen LogP contribution in [0.2, 0.25) is 0 Å². The number of benzene rings is 1. The van der Waals surface area contributed by atoms with Gasteiger partial charge in [0.2, 0.25) is 0 Å². The summed E-state index contributed by atoms with van der Waals surface area (Å²) in [5.74, 6) is 0.256. The predicted octanol–water partition coefficient (Wildman–Crippen LogP) is 3.68. The molecule has 1 saturated heterocycles. The molecule has 138 valence electrons. The summed E-state index contributed by atoms with van der Waals surface area (Å²) >= 11 is 0. The molecule has 0 radical (unpaired) electrons. The number of para-hydroxylation sites is 2. The summed E-state index contributed by atoms with van der Waals surface area (Å²) in [5.41, 5.74) is 0.259. The van der Waals surface area contributed by atoms with Crippen LogP contribution in [0, 0.1) is 16.0 Å². The third-order valence-corrected chi connectivity index (χ3v) is 4.18. The van der Waals surface area contributed by atoms with Crippen molar-refractivity contribution < 1.29 is 14.5 Å². The quantitative estimate of drug-likeness (QED) is 0.612. The van der Waals surface area contributed by atoms with Crippen molar-refractivity contribution in [2.24, 2.45) is 5.92 Å². The minimum absolute atomic E-state index is 0.128. The van der Waals surface area contributed by atoms with Crippen LogP contribution in [0.3, 0.4) is 0 Å². The zero-order chi connectivity index (χ0) is 18.6. The molecular weight excluding hydrogens is 322 g/mol. The van der Waals surface area contributed by atoms with Gasteiger partial charge in [-0.15, -0.1) is 0 Å². The molecule has 1 amide bonds. The molecule has 25 heavy (non-hydrogen) atoms. The zero-order valence-corrected chi connectivity index (χ0v) is 15.4. The highest BCUT2D eigenvalue weighted by molar-refractivity contribution is 5.67. The van der Waals surface area contributed by atoms with Gasteiger partial charge in [-0.3, -0.25) is 10.1 Å². The van der Waals surface area contributed by atoms with Gasteiger partial charge in [0.05, 0.1) is 4.92 Å². The topological polar surface area (TPSA) is 75.9 Å². The van der Waals surface area contributed by atoms with Crippen molar-refractivity contribution >= 4 is 17.5 Å². The van der Waals surface area contributed by atoms with Crippen molar-refractivity contribution in [2.75, 3.05) is 31.6 Å². The van der Waals surface area contributed by atoms with Crippen LogP contribution in [-0.2, 0) is 4.74 Å². The second-order valence-corrected chi connectivity index (χ2v) is 7.56. The van der Waals surface area contributed by atoms with Crippen molar-refractivity contribution in [3.05, 3.63) is 34.4 Å². The van der Waals surface area contributed by atoms with E-state index in [1.54, 1.807) is 24.1 Å². The number of hydrogen-bond donors (Lipinski definition) is 0. The number of hydrogen-bond acceptors (Lipinski definition) is 5. The van der Waals surface area contributed by atoms with E-state index in [1.165, 1.54) is 6.07 Å². The average molecular weight is 349 g/mol. The maximum Gasteiger partial charge on any atom is 0.410 e. The lowest BCUT2D eigenvalue weighted by atomic mass is 9.97. The Bertz CT molecular complexity index is 627. The monoisotopic (exact) mass is 349 g/mol. The van der Waals surface area contributed by atoms with Crippen LogP contribution in [0.1, 0.15) is 33.6 Å². The Labute approximate surface area is 148 Å². The number of carbonyl (C=O) groups is 1. The van der Waals surface area contributed by atoms with Crippen LogP contribution in [-0.4, -0.2) is 48.2 Å². The molecule has 1 heterocycles. The number of ether oxygens (including phenoxy) is 1. The van der Waals surface area contributed by atoms with E-state index in [0.29, 0.717) is 18.8 Å². The Balaban J connectivity index is 2.02. The van der Waals surface area contributed by atoms with Crippen molar-refractivity contribution in [1.82, 2.24) is 4.90 Å². The number of rotatable bonds is 4. The number of amides is 1. The Morgan fingerprint density at radius 1 is 1.40 bits per heavy atom. The van der Waals surface area contributed by atoms with Gasteiger partial charge in [0.1, 0.15) is 11.3 Å². The van der Waals surface area contributed by atoms with Crippen molar-refractivity contribution in [3.8, 4) is 0 Å². The standard InChI is InChI=1S/C18H27N3O4/c1-18(2,3)25-17(22)19(4)12-14-8-7-11-20(13-14)15-9-5-6-10-16(15)21(23)24/h5-6,9-10,14H,7-8,11-13H2,1-4H3. The summed E-state index contributed by atoms with van der Waals surface area (Å²) < 4.78 is 5.39. The molecule has 1 atom stereocenters. The number of piperidine rings is 1. The van der Waals surface area contributed by atoms with Crippen LogP contribution in [0.15, 0.2) is 24.3 Å². The molecule has 2 rings (SSSR count). The highest BCUT2D eigenvalue weighted by Gasteiger charge is 2.28. The van der Waals surface area contributed by atoms with Gasteiger partial charge in [-0.1, -0.05) is 12.1 Å². The molecule has 1 aliphatic heterocycles. The third-order valence-electron chi connectivity index (χ3n) is 4.18. The van der Waals surface area contributed by atoms with E-state index in [-0.39, 0.29) is 22.6 Å². The summed E-state index contributed by atoms with van der Waals surface area (Å²) in [6.45, 7) is 7.59. The van der Waals surface area contributed by atoms with Crippen molar-refractivity contribution in [3.63, 3.8) is 0 Å². The largest absolute Gasteiger partial charge is 0.444 e. The van der Waals surface area contributed by atoms with Crippen LogP contribution in [0.5, 0.6) is 0 Å². The minimum Gasteiger partial charge on any atom is -0.444 e. The van der Waals surface area contributed by atoms with Gasteiger partial charge < -0.3 is 14.5 Å². The lowest BCUT2D eigenvalue weighted by molar-refractivity contribution is -0.384. The average Bonchev–Trinajstić information content (AvgIpc) is 2.53. The molecule has 1 unspecified atom stereocenters. The smallest absolute Gasteiger partial charge is 0.410 e. The normalized spacial score (nSPS) is 17.9. The van der Waals surface area contributed by atoms with Crippen molar-refractivity contribution in [1.29, 1.82) is 0 Å². The number of carbonyl (C=O) groups excluding carboxylic acids is 1. The number of anilines is 1. The Hall–Kier alpha value is -2.31. The highest BCUT2D eigenvalue weighted by atomic mass is 16.6. The van der Waals surface area contributed by atoms with Gasteiger partial charge in [-0.25, -0.2) is 4.79 Å². The summed E-state index contributed by atoms with van der Waals surface area (Å²) in [6, 6.07) is 6.82. The lowest BCUT2D eigenvalue weighted by Gasteiger charge is -2.36. The van der Waals surface area contributed by atoms with E-state index in [9.17, 15) is 14.9 Å². The first-order valence-electron chi connectivity index (χ1n) is 8.60. The van der Waals surface area contributed by atoms with Crippen LogP contribution in [0.25, 0.3) is 0 Å². The van der Waals surface area contributed by atoms with Crippen LogP contribution in [0.4, 0.5) is 16.2 Å². The molecule has 0 spiro atoms. The SMILES string of the molecule is CN(CC1CCCN(c2ccccc2[N+](=O)[O-])C1)C(=O)OC(C)(C)C. The molecule has 7 heteroatoms. The number of nitro groups is 1. The first-order chi connectivity index (χ1) is 11.7. The molecular formula is C18H27N3O4. The molecule has 7 nitrogen and oxygen atoms in total. The zero-order valence-electron chi connectivity index (χ0n) is 15.4. The van der Waals surface area contributed by atoms with E-state index >= 15 is 0 Å². The van der Waals surface area contributed by atoms with Gasteiger partial charge in [0.25, 0.3) is 5.69 Å². The Morgan fingerprint density at radius 3 is 2.72 bits per heavy atom. The summed E-state index contributed by atoms with van der Waals surface area (Å²) in [4.78, 5) is 26.7. The molecule has 0 bridgehead atoms. The molecule has 0 saturated carbocycles. The molecule has 1 aromatic carbocycles. The highest BCUT2D eigenvalue weighted by Crippen LogP contribution is 2.31. The molecule has 1 aromatic rings. The van der Waals surface area contributed by atoms with E-state index in [1.807, 2.05) is 26.8 Å². The summed E-state index contributed by atoms with van der Waals surface area (Å²) in [7, 11) is 1.73. The number of nitro benzene ring substituents is 1. The second kappa shape index (κ2) is 7.72. The molecule has 0 aliphatic carbocycles. The molecule has 0 aromatic heterocycles. The van der Waals surface area contributed by atoms with Gasteiger partial charge >= 0.3 is 6.09 Å². The van der Waals surface area contributed by atoms with Gasteiger partial charge in [0, 0.05) is 32.7 Å². The van der Waals surface area contributed by atoms with E-state index in [2.05, 4.69) is 4.90 Å². The summed E-state index contributed by atoms with van der Waals surface area (Å²) in [6.07, 6.45) is 1.60. The minimum atomic E-state index is -0.519. The maximum absolute atomic E-state index is 12.1. The van der Waals surface area contributed by atoms with Gasteiger partial charge in [-0.2, -0.15) is 0 Å². The second-order valence-electron chi connectivity index (χ2n) is 7.56. The lowest BCUT2D eigenvalue weighted by Crippen LogP contribution is -2.43. The van der Waals surface area contributed by atoms with Crippen LogP contribution < -0.4 is 4.90 Å².